The molecule has 2 aromatic rings. The number of urea groups is 1. The predicted molar refractivity (Wildman–Crippen MR) is 78.7 cm³/mol. The normalized spacial score (nSPS) is 18.0. The maximum absolute atomic E-state index is 13.6. The van der Waals surface area contributed by atoms with Crippen molar-refractivity contribution in [3.63, 3.8) is 0 Å². The van der Waals surface area contributed by atoms with Crippen molar-refractivity contribution in [3.8, 4) is 0 Å². The Bertz CT molecular complexity index is 660. The van der Waals surface area contributed by atoms with Gasteiger partial charge in [-0.15, -0.1) is 11.3 Å². The molecule has 0 aliphatic carbocycles. The molecular formula is C14H15FN4OS. The Morgan fingerprint density at radius 3 is 3.14 bits per heavy atom. The second kappa shape index (κ2) is 5.77. The van der Waals surface area contributed by atoms with Crippen LogP contribution in [-0.4, -0.2) is 27.4 Å². The molecule has 0 radical (unpaired) electrons. The van der Waals surface area contributed by atoms with Crippen molar-refractivity contribution in [2.45, 2.75) is 25.8 Å². The molecule has 2 aromatic heterocycles. The largest absolute Gasteiger partial charge is 0.322 e. The minimum absolute atomic E-state index is 0.0279. The zero-order valence-electron chi connectivity index (χ0n) is 11.5. The molecule has 0 bridgehead atoms. The van der Waals surface area contributed by atoms with Gasteiger partial charge in [0.05, 0.1) is 28.6 Å². The van der Waals surface area contributed by atoms with Crippen LogP contribution in [0.4, 0.5) is 14.9 Å². The topological polar surface area (TPSA) is 58.1 Å². The number of aromatic nitrogens is 2. The third kappa shape index (κ3) is 2.87. The fraction of sp³-hybridized carbons (Fsp3) is 0.357. The molecule has 1 N–H and O–H groups in total. The number of likely N-dealkylation sites (tertiary alicyclic amines) is 1. The number of halogens is 1. The van der Waals surface area contributed by atoms with E-state index in [1.54, 1.807) is 16.2 Å². The molecule has 0 spiro atoms. The summed E-state index contributed by atoms with van der Waals surface area (Å²) in [5, 5.41) is 5.57. The van der Waals surface area contributed by atoms with Gasteiger partial charge in [-0.05, 0) is 25.8 Å². The number of hydrogen-bond donors (Lipinski definition) is 1. The van der Waals surface area contributed by atoms with E-state index in [2.05, 4.69) is 15.3 Å². The Labute approximate surface area is 125 Å². The average Bonchev–Trinajstić information content (AvgIpc) is 3.09. The van der Waals surface area contributed by atoms with E-state index in [9.17, 15) is 9.18 Å². The number of aryl methyl sites for hydroxylation is 1. The number of rotatable bonds is 2. The Kier molecular flexibility index (Phi) is 3.83. The van der Waals surface area contributed by atoms with Gasteiger partial charge in [0, 0.05) is 18.1 Å². The lowest BCUT2D eigenvalue weighted by Crippen LogP contribution is -2.34. The van der Waals surface area contributed by atoms with Crippen molar-refractivity contribution in [1.29, 1.82) is 0 Å². The molecule has 5 nitrogen and oxygen atoms in total. The van der Waals surface area contributed by atoms with Crippen molar-refractivity contribution >= 4 is 23.1 Å². The summed E-state index contributed by atoms with van der Waals surface area (Å²) in [5.41, 5.74) is 1.07. The van der Waals surface area contributed by atoms with Crippen molar-refractivity contribution in [2.75, 3.05) is 11.9 Å². The molecule has 2 amide bonds. The van der Waals surface area contributed by atoms with Crippen LogP contribution in [0.1, 0.15) is 29.6 Å². The van der Waals surface area contributed by atoms with Crippen molar-refractivity contribution in [2.24, 2.45) is 0 Å². The SMILES string of the molecule is Cc1nc([C@@H]2CCCN2C(=O)Nc2ccncc2F)cs1. The third-order valence-corrected chi connectivity index (χ3v) is 4.30. The lowest BCUT2D eigenvalue weighted by Gasteiger charge is -2.23. The molecule has 3 rings (SSSR count). The zero-order chi connectivity index (χ0) is 14.8. The fourth-order valence-electron chi connectivity index (χ4n) is 2.51. The molecule has 0 aromatic carbocycles. The van der Waals surface area contributed by atoms with Gasteiger partial charge in [-0.3, -0.25) is 4.98 Å². The highest BCUT2D eigenvalue weighted by atomic mass is 32.1. The first-order valence-corrected chi connectivity index (χ1v) is 7.62. The van der Waals surface area contributed by atoms with Crippen LogP contribution in [-0.2, 0) is 0 Å². The van der Waals surface area contributed by atoms with Gasteiger partial charge in [-0.25, -0.2) is 14.2 Å². The number of carbonyl (C=O) groups excluding carboxylic acids is 1. The number of thiazole rings is 1. The van der Waals surface area contributed by atoms with Crippen molar-refractivity contribution < 1.29 is 9.18 Å². The second-order valence-electron chi connectivity index (χ2n) is 4.93. The van der Waals surface area contributed by atoms with Crippen LogP contribution in [0.5, 0.6) is 0 Å². The Balaban J connectivity index is 1.76. The standard InChI is InChI=1S/C14H15FN4OS/c1-9-17-12(8-21-9)13-3-2-6-19(13)14(20)18-11-4-5-16-7-10(11)15/h4-5,7-8,13H,2-3,6H2,1H3,(H,16,18,20)/t13-/m0/s1. The van der Waals surface area contributed by atoms with E-state index in [0.717, 1.165) is 29.7 Å². The quantitative estimate of drug-likeness (QED) is 0.925. The molecule has 7 heteroatoms. The highest BCUT2D eigenvalue weighted by Crippen LogP contribution is 2.32. The minimum atomic E-state index is -0.536. The van der Waals surface area contributed by atoms with E-state index >= 15 is 0 Å². The maximum atomic E-state index is 13.6. The summed E-state index contributed by atoms with van der Waals surface area (Å²) < 4.78 is 13.6. The van der Waals surface area contributed by atoms with E-state index in [4.69, 9.17) is 0 Å². The summed E-state index contributed by atoms with van der Waals surface area (Å²) in [6, 6.07) is 1.12. The first-order valence-electron chi connectivity index (χ1n) is 6.74. The minimum Gasteiger partial charge on any atom is -0.316 e. The Morgan fingerprint density at radius 2 is 2.43 bits per heavy atom. The maximum Gasteiger partial charge on any atom is 0.322 e. The van der Waals surface area contributed by atoms with Gasteiger partial charge in [0.2, 0.25) is 0 Å². The summed E-state index contributed by atoms with van der Waals surface area (Å²) in [6.45, 7) is 2.60. The van der Waals surface area contributed by atoms with Crippen LogP contribution < -0.4 is 5.32 Å². The number of nitrogens with zero attached hydrogens (tertiary/aromatic N) is 3. The van der Waals surface area contributed by atoms with Gasteiger partial charge in [-0.1, -0.05) is 0 Å². The predicted octanol–water partition coefficient (Wildman–Crippen LogP) is 3.35. The Hall–Kier alpha value is -2.02. The van der Waals surface area contributed by atoms with Crippen LogP contribution in [0.2, 0.25) is 0 Å². The van der Waals surface area contributed by atoms with E-state index in [-0.39, 0.29) is 17.8 Å². The lowest BCUT2D eigenvalue weighted by molar-refractivity contribution is 0.206. The summed E-state index contributed by atoms with van der Waals surface area (Å²) in [7, 11) is 0. The van der Waals surface area contributed by atoms with Gasteiger partial charge >= 0.3 is 6.03 Å². The van der Waals surface area contributed by atoms with E-state index in [0.29, 0.717) is 6.54 Å². The molecule has 1 saturated heterocycles. The molecule has 3 heterocycles. The van der Waals surface area contributed by atoms with Gasteiger partial charge in [0.1, 0.15) is 0 Å². The van der Waals surface area contributed by atoms with Crippen LogP contribution in [0.25, 0.3) is 0 Å². The molecule has 110 valence electrons. The highest BCUT2D eigenvalue weighted by Gasteiger charge is 2.31. The van der Waals surface area contributed by atoms with Gasteiger partial charge in [0.25, 0.3) is 0 Å². The van der Waals surface area contributed by atoms with Crippen LogP contribution in [0, 0.1) is 12.7 Å². The summed E-state index contributed by atoms with van der Waals surface area (Å²) in [6.07, 6.45) is 4.34. The van der Waals surface area contributed by atoms with Gasteiger partial charge in [0.15, 0.2) is 5.82 Å². The van der Waals surface area contributed by atoms with Crippen molar-refractivity contribution in [3.05, 3.63) is 40.4 Å². The Morgan fingerprint density at radius 1 is 1.57 bits per heavy atom. The summed E-state index contributed by atoms with van der Waals surface area (Å²) >= 11 is 1.57. The van der Waals surface area contributed by atoms with Crippen LogP contribution in [0.3, 0.4) is 0 Å². The second-order valence-corrected chi connectivity index (χ2v) is 5.99. The highest BCUT2D eigenvalue weighted by molar-refractivity contribution is 7.09. The zero-order valence-corrected chi connectivity index (χ0v) is 12.4. The van der Waals surface area contributed by atoms with Crippen LogP contribution >= 0.6 is 11.3 Å². The fourth-order valence-corrected chi connectivity index (χ4v) is 3.17. The first-order chi connectivity index (χ1) is 10.1. The monoisotopic (exact) mass is 306 g/mol. The molecule has 0 saturated carbocycles. The smallest absolute Gasteiger partial charge is 0.316 e. The number of nitrogens with one attached hydrogen (secondary N) is 1. The third-order valence-electron chi connectivity index (χ3n) is 3.51. The van der Waals surface area contributed by atoms with Gasteiger partial charge < -0.3 is 10.2 Å². The molecular weight excluding hydrogens is 291 g/mol. The molecule has 21 heavy (non-hydrogen) atoms. The molecule has 1 aliphatic heterocycles. The summed E-state index contributed by atoms with van der Waals surface area (Å²) in [5.74, 6) is -0.536. The number of anilines is 1. The lowest BCUT2D eigenvalue weighted by atomic mass is 10.2. The summed E-state index contributed by atoms with van der Waals surface area (Å²) in [4.78, 5) is 22.2. The number of hydrogen-bond acceptors (Lipinski definition) is 4. The average molecular weight is 306 g/mol. The first kappa shape index (κ1) is 13.9. The number of pyridine rings is 1. The van der Waals surface area contributed by atoms with E-state index in [1.165, 1.54) is 12.3 Å². The molecule has 1 fully saturated rings. The van der Waals surface area contributed by atoms with E-state index < -0.39 is 5.82 Å². The van der Waals surface area contributed by atoms with Gasteiger partial charge in [-0.2, -0.15) is 0 Å². The molecule has 0 unspecified atom stereocenters. The molecule has 1 aliphatic rings. The number of carbonyl (C=O) groups is 1. The van der Waals surface area contributed by atoms with Crippen molar-refractivity contribution in [1.82, 2.24) is 14.9 Å². The van der Waals surface area contributed by atoms with Crippen LogP contribution in [0.15, 0.2) is 23.8 Å². The van der Waals surface area contributed by atoms with E-state index in [1.807, 2.05) is 12.3 Å². The number of amides is 2. The molecule has 1 atom stereocenters.